The molecule has 0 fully saturated rings. The van der Waals surface area contributed by atoms with Crippen LogP contribution in [0.2, 0.25) is 0 Å². The summed E-state index contributed by atoms with van der Waals surface area (Å²) in [5.41, 5.74) is 2.33. The van der Waals surface area contributed by atoms with Crippen molar-refractivity contribution < 1.29 is 17.9 Å². The Hall–Kier alpha value is -3.46. The minimum Gasteiger partial charge on any atom is -0.466 e. The number of aryl methyl sites for hydroxylation is 1. The second-order valence-electron chi connectivity index (χ2n) is 6.99. The highest BCUT2D eigenvalue weighted by molar-refractivity contribution is 7.93. The van der Waals surface area contributed by atoms with E-state index in [4.69, 9.17) is 4.74 Å². The van der Waals surface area contributed by atoms with E-state index in [0.29, 0.717) is 22.1 Å². The molecule has 0 unspecified atom stereocenters. The van der Waals surface area contributed by atoms with Gasteiger partial charge in [0.15, 0.2) is 0 Å². The molecule has 0 N–H and O–H groups in total. The molecule has 0 amide bonds. The molecule has 0 spiro atoms. The summed E-state index contributed by atoms with van der Waals surface area (Å²) in [5, 5.41) is 0.717. The average Bonchev–Trinajstić information content (AvgIpc) is 3.13. The van der Waals surface area contributed by atoms with Crippen LogP contribution in [0.1, 0.15) is 13.3 Å². The van der Waals surface area contributed by atoms with E-state index in [1.54, 1.807) is 43.7 Å². The molecule has 2 heterocycles. The molecule has 0 aliphatic heterocycles. The highest BCUT2D eigenvalue weighted by Gasteiger charge is 2.28. The maximum Gasteiger partial charge on any atom is 0.307 e. The number of para-hydroxylation sites is 1. The highest BCUT2D eigenvalue weighted by atomic mass is 32.2. The molecule has 0 atom stereocenters. The quantitative estimate of drug-likeness (QED) is 0.411. The Kier molecular flexibility index (Phi) is 5.60. The number of anilines is 1. The number of hydrogen-bond acceptors (Lipinski definition) is 6. The van der Waals surface area contributed by atoms with Gasteiger partial charge in [-0.3, -0.25) is 14.1 Å². The summed E-state index contributed by atoms with van der Waals surface area (Å²) in [6, 6.07) is 13.8. The lowest BCUT2D eigenvalue weighted by Gasteiger charge is -2.24. The van der Waals surface area contributed by atoms with Crippen LogP contribution in [0, 0.1) is 0 Å². The van der Waals surface area contributed by atoms with E-state index in [-0.39, 0.29) is 24.5 Å². The first kappa shape index (κ1) is 20.8. The number of pyridine rings is 1. The summed E-state index contributed by atoms with van der Waals surface area (Å²) in [7, 11) is -2.16. The summed E-state index contributed by atoms with van der Waals surface area (Å²) < 4.78 is 35.6. The summed E-state index contributed by atoms with van der Waals surface area (Å²) >= 11 is 0. The molecule has 9 heteroatoms. The van der Waals surface area contributed by atoms with E-state index in [1.165, 1.54) is 10.4 Å². The second kappa shape index (κ2) is 8.35. The Labute approximate surface area is 180 Å². The van der Waals surface area contributed by atoms with Crippen molar-refractivity contribution in [2.75, 3.05) is 17.5 Å². The van der Waals surface area contributed by atoms with Crippen LogP contribution >= 0.6 is 0 Å². The molecule has 160 valence electrons. The molecular weight excluding hydrogens is 416 g/mol. The van der Waals surface area contributed by atoms with Gasteiger partial charge in [-0.15, -0.1) is 0 Å². The third kappa shape index (κ3) is 3.96. The minimum atomic E-state index is -4.02. The second-order valence-corrected chi connectivity index (χ2v) is 8.82. The topological polar surface area (TPSA) is 94.4 Å². The lowest BCUT2D eigenvalue weighted by atomic mass is 10.2. The van der Waals surface area contributed by atoms with Crippen molar-refractivity contribution in [2.45, 2.75) is 18.2 Å². The van der Waals surface area contributed by atoms with Crippen molar-refractivity contribution in [3.63, 3.8) is 0 Å². The zero-order valence-corrected chi connectivity index (χ0v) is 18.0. The lowest BCUT2D eigenvalue weighted by molar-refractivity contribution is -0.142. The number of rotatable bonds is 7. The number of fused-ring (bicyclic) bond motifs is 2. The lowest BCUT2D eigenvalue weighted by Crippen LogP contribution is -2.33. The van der Waals surface area contributed by atoms with Crippen LogP contribution in [0.15, 0.2) is 66.0 Å². The van der Waals surface area contributed by atoms with E-state index in [0.717, 1.165) is 5.52 Å². The fourth-order valence-corrected chi connectivity index (χ4v) is 5.12. The Morgan fingerprint density at radius 1 is 1.13 bits per heavy atom. The molecule has 8 nitrogen and oxygen atoms in total. The zero-order chi connectivity index (χ0) is 22.0. The number of ether oxygens (including phenoxy) is 1. The van der Waals surface area contributed by atoms with E-state index in [9.17, 15) is 13.2 Å². The van der Waals surface area contributed by atoms with E-state index >= 15 is 0 Å². The van der Waals surface area contributed by atoms with Crippen LogP contribution in [0.3, 0.4) is 0 Å². The van der Waals surface area contributed by atoms with Gasteiger partial charge in [0.1, 0.15) is 4.90 Å². The number of esters is 1. The average molecular weight is 439 g/mol. The molecule has 0 aliphatic rings. The van der Waals surface area contributed by atoms with Crippen molar-refractivity contribution in [2.24, 2.45) is 7.05 Å². The zero-order valence-electron chi connectivity index (χ0n) is 17.2. The number of imidazole rings is 1. The third-order valence-electron chi connectivity index (χ3n) is 4.99. The Morgan fingerprint density at radius 3 is 2.74 bits per heavy atom. The molecule has 0 saturated heterocycles. The van der Waals surface area contributed by atoms with Gasteiger partial charge in [0.25, 0.3) is 10.0 Å². The molecule has 0 bridgehead atoms. The van der Waals surface area contributed by atoms with Crippen molar-refractivity contribution in [3.8, 4) is 0 Å². The van der Waals surface area contributed by atoms with E-state index < -0.39 is 16.0 Å². The molecule has 2 aromatic heterocycles. The predicted octanol–water partition coefficient (Wildman–Crippen LogP) is 3.27. The molecule has 0 aliphatic carbocycles. The maximum absolute atomic E-state index is 13.8. The number of carbonyl (C=O) groups excluding carboxylic acids is 1. The fraction of sp³-hybridized carbons (Fsp3) is 0.227. The standard InChI is InChI=1S/C22H22N4O4S/c1-3-30-21(27)11-13-26(17-9-10-19-18(14-17)24-15-25(19)2)31(28,29)20-8-4-6-16-7-5-12-23-22(16)20/h4-10,12,14-15H,3,11,13H2,1-2H3. The third-order valence-corrected chi connectivity index (χ3v) is 6.84. The molecule has 4 aromatic rings. The SMILES string of the molecule is CCOC(=O)CCN(c1ccc2c(c1)ncn2C)S(=O)(=O)c1cccc2cccnc12. The van der Waals surface area contributed by atoms with Crippen LogP contribution in [-0.4, -0.2) is 42.1 Å². The first-order chi connectivity index (χ1) is 14.9. The van der Waals surface area contributed by atoms with Crippen molar-refractivity contribution in [3.05, 3.63) is 61.1 Å². The molecule has 0 saturated carbocycles. The van der Waals surface area contributed by atoms with E-state index in [2.05, 4.69) is 9.97 Å². The summed E-state index contributed by atoms with van der Waals surface area (Å²) in [5.74, 6) is -0.461. The fourth-order valence-electron chi connectivity index (χ4n) is 3.50. The number of nitrogens with zero attached hydrogens (tertiary/aromatic N) is 4. The van der Waals surface area contributed by atoms with Gasteiger partial charge in [-0.2, -0.15) is 0 Å². The molecule has 0 radical (unpaired) electrons. The first-order valence-corrected chi connectivity index (χ1v) is 11.3. The smallest absolute Gasteiger partial charge is 0.307 e. The van der Waals surface area contributed by atoms with Crippen molar-refractivity contribution in [1.82, 2.24) is 14.5 Å². The molecule has 4 rings (SSSR count). The monoisotopic (exact) mass is 438 g/mol. The molecule has 31 heavy (non-hydrogen) atoms. The van der Waals surface area contributed by atoms with Gasteiger partial charge in [-0.05, 0) is 37.3 Å². The van der Waals surface area contributed by atoms with Gasteiger partial charge in [-0.1, -0.05) is 18.2 Å². The number of benzene rings is 2. The van der Waals surface area contributed by atoms with E-state index in [1.807, 2.05) is 29.8 Å². The Bertz CT molecular complexity index is 1360. The van der Waals surface area contributed by atoms with Crippen LogP contribution in [-0.2, 0) is 26.6 Å². The first-order valence-electron chi connectivity index (χ1n) is 9.85. The van der Waals surface area contributed by atoms with Gasteiger partial charge in [0.05, 0.1) is 41.6 Å². The van der Waals surface area contributed by atoms with Gasteiger partial charge >= 0.3 is 5.97 Å². The van der Waals surface area contributed by atoms with Crippen LogP contribution in [0.25, 0.3) is 21.9 Å². The van der Waals surface area contributed by atoms with Gasteiger partial charge in [-0.25, -0.2) is 13.4 Å². The van der Waals surface area contributed by atoms with Crippen molar-refractivity contribution >= 4 is 43.6 Å². The number of hydrogen-bond donors (Lipinski definition) is 0. The van der Waals surface area contributed by atoms with Crippen LogP contribution in [0.5, 0.6) is 0 Å². The van der Waals surface area contributed by atoms with Crippen LogP contribution < -0.4 is 4.31 Å². The summed E-state index contributed by atoms with van der Waals surface area (Å²) in [6.45, 7) is 1.88. The minimum absolute atomic E-state index is 0.0667. The van der Waals surface area contributed by atoms with Crippen molar-refractivity contribution in [1.29, 1.82) is 0 Å². The van der Waals surface area contributed by atoms with Gasteiger partial charge < -0.3 is 9.30 Å². The summed E-state index contributed by atoms with van der Waals surface area (Å²) in [6.07, 6.45) is 3.15. The Morgan fingerprint density at radius 2 is 1.94 bits per heavy atom. The summed E-state index contributed by atoms with van der Waals surface area (Å²) in [4.78, 5) is 20.7. The highest BCUT2D eigenvalue weighted by Crippen LogP contribution is 2.30. The Balaban J connectivity index is 1.82. The predicted molar refractivity (Wildman–Crippen MR) is 118 cm³/mol. The largest absolute Gasteiger partial charge is 0.466 e. The van der Waals surface area contributed by atoms with Gasteiger partial charge in [0.2, 0.25) is 0 Å². The molecular formula is C22H22N4O4S. The number of sulfonamides is 1. The van der Waals surface area contributed by atoms with Crippen LogP contribution in [0.4, 0.5) is 5.69 Å². The number of aromatic nitrogens is 3. The maximum atomic E-state index is 13.8. The van der Waals surface area contributed by atoms with Gasteiger partial charge in [0, 0.05) is 25.2 Å². The number of carbonyl (C=O) groups is 1. The normalized spacial score (nSPS) is 11.7. The molecule has 2 aromatic carbocycles.